The molecular weight excluding hydrogens is 322 g/mol. The molecule has 3 rings (SSSR count). The van der Waals surface area contributed by atoms with Crippen molar-refractivity contribution in [3.8, 4) is 0 Å². The minimum atomic E-state index is -0.986. The van der Waals surface area contributed by atoms with Gasteiger partial charge in [0, 0.05) is 28.4 Å². The molecular formula is C19H19NOS2. The summed E-state index contributed by atoms with van der Waals surface area (Å²) in [5.74, 6) is 0.623. The van der Waals surface area contributed by atoms with Gasteiger partial charge in [0.1, 0.15) is 0 Å². The van der Waals surface area contributed by atoms with Crippen LogP contribution in [-0.2, 0) is 17.2 Å². The normalized spacial score (nSPS) is 12.4. The molecule has 0 aliphatic carbocycles. The number of aromatic nitrogens is 1. The van der Waals surface area contributed by atoms with Crippen LogP contribution in [0.15, 0.2) is 66.0 Å². The molecule has 0 fully saturated rings. The lowest BCUT2D eigenvalue weighted by molar-refractivity contribution is 0.677. The Morgan fingerprint density at radius 1 is 1.00 bits per heavy atom. The van der Waals surface area contributed by atoms with Gasteiger partial charge in [0.25, 0.3) is 0 Å². The first-order valence-corrected chi connectivity index (χ1v) is 9.88. The summed E-state index contributed by atoms with van der Waals surface area (Å²) < 4.78 is 13.0. The first-order valence-electron chi connectivity index (χ1n) is 7.62. The fourth-order valence-electron chi connectivity index (χ4n) is 2.60. The topological polar surface area (TPSA) is 30.0 Å². The summed E-state index contributed by atoms with van der Waals surface area (Å²) in [6.45, 7) is 2.00. The Hall–Kier alpha value is -1.78. The maximum atomic E-state index is 13.0. The van der Waals surface area contributed by atoms with Gasteiger partial charge in [-0.25, -0.2) is 4.98 Å². The molecule has 0 saturated heterocycles. The summed E-state index contributed by atoms with van der Waals surface area (Å²) in [5.41, 5.74) is 3.25. The molecule has 3 aromatic rings. The third kappa shape index (κ3) is 4.15. The molecule has 4 heteroatoms. The van der Waals surface area contributed by atoms with Crippen LogP contribution in [0.4, 0.5) is 0 Å². The minimum Gasteiger partial charge on any atom is -0.259 e. The van der Waals surface area contributed by atoms with Crippen molar-refractivity contribution in [3.63, 3.8) is 0 Å². The molecule has 0 N–H and O–H groups in total. The van der Waals surface area contributed by atoms with E-state index < -0.39 is 10.8 Å². The third-order valence-electron chi connectivity index (χ3n) is 3.69. The van der Waals surface area contributed by atoms with Crippen molar-refractivity contribution in [3.05, 3.63) is 87.9 Å². The summed E-state index contributed by atoms with van der Waals surface area (Å²) in [4.78, 5) is 4.47. The molecule has 0 bridgehead atoms. The van der Waals surface area contributed by atoms with Gasteiger partial charge < -0.3 is 0 Å². The number of thiazole rings is 1. The van der Waals surface area contributed by atoms with E-state index in [9.17, 15) is 4.21 Å². The van der Waals surface area contributed by atoms with Crippen LogP contribution in [0.25, 0.3) is 0 Å². The zero-order valence-electron chi connectivity index (χ0n) is 13.0. The van der Waals surface area contributed by atoms with Crippen LogP contribution in [0, 0.1) is 6.92 Å². The fraction of sp³-hybridized carbons (Fsp3) is 0.211. The molecule has 0 aliphatic heterocycles. The molecule has 118 valence electrons. The van der Waals surface area contributed by atoms with E-state index in [-0.39, 0.29) is 5.25 Å². The Bertz CT molecular complexity index is 729. The zero-order chi connectivity index (χ0) is 16.1. The highest BCUT2D eigenvalue weighted by Crippen LogP contribution is 2.28. The highest BCUT2D eigenvalue weighted by atomic mass is 32.2. The van der Waals surface area contributed by atoms with Crippen LogP contribution in [0.3, 0.4) is 0 Å². The maximum Gasteiger partial charge on any atom is 0.0897 e. The van der Waals surface area contributed by atoms with Crippen molar-refractivity contribution in [2.45, 2.75) is 18.6 Å². The Balaban J connectivity index is 1.82. The lowest BCUT2D eigenvalue weighted by Gasteiger charge is -2.17. The van der Waals surface area contributed by atoms with Crippen LogP contribution >= 0.6 is 11.3 Å². The van der Waals surface area contributed by atoms with Crippen molar-refractivity contribution in [2.24, 2.45) is 0 Å². The second-order valence-corrected chi connectivity index (χ2v) is 8.10. The van der Waals surface area contributed by atoms with Crippen LogP contribution in [0.2, 0.25) is 0 Å². The van der Waals surface area contributed by atoms with Gasteiger partial charge in [0.15, 0.2) is 0 Å². The van der Waals surface area contributed by atoms with Gasteiger partial charge >= 0.3 is 0 Å². The molecule has 2 nitrogen and oxygen atoms in total. The summed E-state index contributed by atoms with van der Waals surface area (Å²) in [7, 11) is -0.986. The van der Waals surface area contributed by atoms with E-state index in [2.05, 4.69) is 34.6 Å². The van der Waals surface area contributed by atoms with E-state index in [4.69, 9.17) is 0 Å². The van der Waals surface area contributed by atoms with E-state index in [0.29, 0.717) is 5.75 Å². The van der Waals surface area contributed by atoms with Gasteiger partial charge in [-0.1, -0.05) is 60.7 Å². The lowest BCUT2D eigenvalue weighted by Crippen LogP contribution is -2.13. The fourth-order valence-corrected chi connectivity index (χ4v) is 4.81. The third-order valence-corrected chi connectivity index (χ3v) is 6.19. The van der Waals surface area contributed by atoms with E-state index >= 15 is 0 Å². The Kier molecular flexibility index (Phi) is 5.36. The Morgan fingerprint density at radius 3 is 2.04 bits per heavy atom. The second-order valence-electron chi connectivity index (χ2n) is 5.39. The molecule has 0 aliphatic rings. The average molecular weight is 342 g/mol. The largest absolute Gasteiger partial charge is 0.259 e. The van der Waals surface area contributed by atoms with Crippen molar-refractivity contribution < 1.29 is 4.21 Å². The summed E-state index contributed by atoms with van der Waals surface area (Å²) in [6, 6.07) is 20.2. The molecule has 2 aromatic carbocycles. The van der Waals surface area contributed by atoms with Crippen molar-refractivity contribution in [1.29, 1.82) is 0 Å². The van der Waals surface area contributed by atoms with Gasteiger partial charge in [-0.2, -0.15) is 0 Å². The van der Waals surface area contributed by atoms with Gasteiger partial charge in [0.2, 0.25) is 0 Å². The molecule has 1 aromatic heterocycles. The Morgan fingerprint density at radius 2 is 1.57 bits per heavy atom. The van der Waals surface area contributed by atoms with Gasteiger partial charge in [0.05, 0.1) is 16.0 Å². The SMILES string of the molecule is Cc1nc(CCS(=O)C(c2ccccc2)c2ccccc2)cs1. The zero-order valence-corrected chi connectivity index (χ0v) is 14.6. The average Bonchev–Trinajstić information content (AvgIpc) is 3.01. The lowest BCUT2D eigenvalue weighted by atomic mass is 10.0. The van der Waals surface area contributed by atoms with E-state index in [1.165, 1.54) is 0 Å². The van der Waals surface area contributed by atoms with Crippen molar-refractivity contribution in [1.82, 2.24) is 4.98 Å². The number of nitrogens with zero attached hydrogens (tertiary/aromatic N) is 1. The second kappa shape index (κ2) is 7.66. The van der Waals surface area contributed by atoms with Gasteiger partial charge in [-0.15, -0.1) is 11.3 Å². The van der Waals surface area contributed by atoms with Crippen molar-refractivity contribution >= 4 is 22.1 Å². The smallest absolute Gasteiger partial charge is 0.0897 e. The number of aryl methyl sites for hydroxylation is 2. The maximum absolute atomic E-state index is 13.0. The molecule has 23 heavy (non-hydrogen) atoms. The predicted molar refractivity (Wildman–Crippen MR) is 98.3 cm³/mol. The van der Waals surface area contributed by atoms with Gasteiger partial charge in [-0.3, -0.25) is 4.21 Å². The predicted octanol–water partition coefficient (Wildman–Crippen LogP) is 4.53. The standard InChI is InChI=1S/C19H19NOS2/c1-15-20-18(14-22-15)12-13-23(21)19(16-8-4-2-5-9-16)17-10-6-3-7-11-17/h2-11,14,19H,12-13H2,1H3. The first kappa shape index (κ1) is 16.1. The molecule has 1 atom stereocenters. The highest BCUT2D eigenvalue weighted by molar-refractivity contribution is 7.85. The molecule has 0 amide bonds. The van der Waals surface area contributed by atoms with Gasteiger partial charge in [-0.05, 0) is 18.1 Å². The molecule has 1 unspecified atom stereocenters. The Labute approximate surface area is 143 Å². The first-order chi connectivity index (χ1) is 11.2. The van der Waals surface area contributed by atoms with E-state index in [1.807, 2.05) is 43.3 Å². The van der Waals surface area contributed by atoms with Crippen molar-refractivity contribution in [2.75, 3.05) is 5.75 Å². The molecule has 1 heterocycles. The van der Waals surface area contributed by atoms with E-state index in [1.54, 1.807) is 11.3 Å². The van der Waals surface area contributed by atoms with Crippen LogP contribution in [0.5, 0.6) is 0 Å². The monoisotopic (exact) mass is 341 g/mol. The number of benzene rings is 2. The number of hydrogen-bond donors (Lipinski definition) is 0. The summed E-state index contributed by atoms with van der Waals surface area (Å²) in [6.07, 6.45) is 0.757. The van der Waals surface area contributed by atoms with E-state index in [0.717, 1.165) is 28.2 Å². The highest BCUT2D eigenvalue weighted by Gasteiger charge is 2.21. The molecule has 0 spiro atoms. The molecule has 0 saturated carbocycles. The van der Waals surface area contributed by atoms with Crippen LogP contribution in [-0.4, -0.2) is 14.9 Å². The number of rotatable bonds is 6. The van der Waals surface area contributed by atoms with Crippen LogP contribution in [0.1, 0.15) is 27.1 Å². The summed E-state index contributed by atoms with van der Waals surface area (Å²) >= 11 is 1.65. The van der Waals surface area contributed by atoms with Crippen LogP contribution < -0.4 is 0 Å². The molecule has 0 radical (unpaired) electrons. The number of hydrogen-bond acceptors (Lipinski definition) is 3. The quantitative estimate of drug-likeness (QED) is 0.659. The minimum absolute atomic E-state index is 0.0860. The summed E-state index contributed by atoms with van der Waals surface area (Å²) in [5, 5.41) is 3.04.